The lowest BCUT2D eigenvalue weighted by atomic mass is 10.1. The Balaban J connectivity index is 1.28. The van der Waals surface area contributed by atoms with Crippen LogP contribution in [0.2, 0.25) is 0 Å². The van der Waals surface area contributed by atoms with Crippen molar-refractivity contribution >= 4 is 39.0 Å². The highest BCUT2D eigenvalue weighted by molar-refractivity contribution is 7.18. The van der Waals surface area contributed by atoms with E-state index in [1.165, 1.54) is 11.3 Å². The molecule has 0 saturated carbocycles. The van der Waals surface area contributed by atoms with E-state index in [4.69, 9.17) is 23.4 Å². The SMILES string of the molecule is COc1cc(OCc2cccc3c2CCN3C(=O)OC(C)(C)C)c2cc(-c3cn4nc(OC)sc4n3)oc2c1. The molecule has 0 radical (unpaired) electrons. The van der Waals surface area contributed by atoms with Gasteiger partial charge in [-0.1, -0.05) is 12.1 Å². The largest absolute Gasteiger partial charge is 0.496 e. The number of carbonyl (C=O) groups is 1. The van der Waals surface area contributed by atoms with E-state index in [0.29, 0.717) is 51.8 Å². The van der Waals surface area contributed by atoms with Crippen molar-refractivity contribution in [1.29, 1.82) is 0 Å². The minimum Gasteiger partial charge on any atom is -0.496 e. The summed E-state index contributed by atoms with van der Waals surface area (Å²) in [5, 5.41) is 5.67. The first-order valence-corrected chi connectivity index (χ1v) is 13.3. The number of aromatic nitrogens is 3. The van der Waals surface area contributed by atoms with Crippen LogP contribution < -0.4 is 19.1 Å². The van der Waals surface area contributed by atoms with E-state index in [9.17, 15) is 4.79 Å². The Kier molecular flexibility index (Phi) is 6.10. The van der Waals surface area contributed by atoms with Crippen LogP contribution in [0.5, 0.6) is 16.7 Å². The number of hydrogen-bond acceptors (Lipinski definition) is 9. The number of fused-ring (bicyclic) bond motifs is 3. The molecule has 0 bridgehead atoms. The lowest BCUT2D eigenvalue weighted by Crippen LogP contribution is -2.35. The number of nitrogens with zero attached hydrogens (tertiary/aromatic N) is 4. The molecule has 0 spiro atoms. The second-order valence-corrected chi connectivity index (χ2v) is 11.1. The quantitative estimate of drug-likeness (QED) is 0.251. The van der Waals surface area contributed by atoms with Gasteiger partial charge >= 0.3 is 6.09 Å². The van der Waals surface area contributed by atoms with Gasteiger partial charge in [0.05, 0.1) is 31.5 Å². The van der Waals surface area contributed by atoms with Gasteiger partial charge < -0.3 is 23.4 Å². The van der Waals surface area contributed by atoms with Crippen LogP contribution in [0.3, 0.4) is 0 Å². The molecule has 2 aromatic carbocycles. The molecule has 1 aliphatic heterocycles. The van der Waals surface area contributed by atoms with E-state index in [0.717, 1.165) is 28.6 Å². The monoisotopic (exact) mass is 548 g/mol. The average molecular weight is 549 g/mol. The number of furan rings is 1. The highest BCUT2D eigenvalue weighted by atomic mass is 32.1. The summed E-state index contributed by atoms with van der Waals surface area (Å²) < 4.78 is 30.5. The Morgan fingerprint density at radius 3 is 2.74 bits per heavy atom. The number of ether oxygens (including phenoxy) is 4. The van der Waals surface area contributed by atoms with Crippen molar-refractivity contribution in [2.45, 2.75) is 39.4 Å². The van der Waals surface area contributed by atoms with Gasteiger partial charge in [0.1, 0.15) is 35.0 Å². The molecule has 11 heteroatoms. The molecule has 0 unspecified atom stereocenters. The number of amides is 1. The van der Waals surface area contributed by atoms with E-state index in [1.807, 2.05) is 57.2 Å². The Labute approximate surface area is 228 Å². The highest BCUT2D eigenvalue weighted by Crippen LogP contribution is 2.38. The Hall–Kier alpha value is -4.25. The van der Waals surface area contributed by atoms with Crippen molar-refractivity contribution in [3.05, 3.63) is 53.7 Å². The molecule has 0 N–H and O–H groups in total. The molecule has 0 aliphatic carbocycles. The molecule has 10 nitrogen and oxygen atoms in total. The van der Waals surface area contributed by atoms with Crippen molar-refractivity contribution < 1.29 is 28.2 Å². The summed E-state index contributed by atoms with van der Waals surface area (Å²) in [6.07, 6.45) is 2.19. The molecule has 202 valence electrons. The molecule has 3 aromatic heterocycles. The van der Waals surface area contributed by atoms with Crippen LogP contribution >= 0.6 is 11.3 Å². The standard InChI is InChI=1S/C28H28N4O6S/c1-28(2,3)38-27(33)31-10-9-18-16(7-6-8-21(18)31)15-36-22-11-17(34-4)12-23-19(22)13-24(37-23)20-14-32-25(29-20)39-26(30-32)35-5/h6-8,11-14H,9-10,15H2,1-5H3. The smallest absolute Gasteiger partial charge is 0.414 e. The molecular weight excluding hydrogens is 520 g/mol. The first kappa shape index (κ1) is 25.1. The van der Waals surface area contributed by atoms with E-state index in [-0.39, 0.29) is 6.09 Å². The average Bonchev–Trinajstić information content (AvgIpc) is 3.66. The second kappa shape index (κ2) is 9.49. The number of rotatable bonds is 6. The van der Waals surface area contributed by atoms with Crippen molar-refractivity contribution in [2.75, 3.05) is 25.7 Å². The van der Waals surface area contributed by atoms with Crippen molar-refractivity contribution in [3.63, 3.8) is 0 Å². The van der Waals surface area contributed by atoms with Crippen LogP contribution in [0.25, 0.3) is 27.4 Å². The summed E-state index contributed by atoms with van der Waals surface area (Å²) >= 11 is 1.35. The zero-order chi connectivity index (χ0) is 27.3. The van der Waals surface area contributed by atoms with Gasteiger partial charge in [-0.2, -0.15) is 0 Å². The number of hydrogen-bond donors (Lipinski definition) is 0. The van der Waals surface area contributed by atoms with Crippen LogP contribution in [0.1, 0.15) is 31.9 Å². The third-order valence-electron chi connectivity index (χ3n) is 6.38. The third kappa shape index (κ3) is 4.74. The molecule has 0 atom stereocenters. The minimum absolute atomic E-state index is 0.317. The van der Waals surface area contributed by atoms with Crippen molar-refractivity contribution in [3.8, 4) is 28.1 Å². The lowest BCUT2D eigenvalue weighted by molar-refractivity contribution is 0.0584. The fourth-order valence-corrected chi connectivity index (χ4v) is 5.33. The fourth-order valence-electron chi connectivity index (χ4n) is 4.63. The van der Waals surface area contributed by atoms with Gasteiger partial charge in [0.15, 0.2) is 5.76 Å². The van der Waals surface area contributed by atoms with Crippen molar-refractivity contribution in [1.82, 2.24) is 14.6 Å². The zero-order valence-electron chi connectivity index (χ0n) is 22.3. The minimum atomic E-state index is -0.558. The predicted octanol–water partition coefficient (Wildman–Crippen LogP) is 6.10. The normalized spacial score (nSPS) is 13.2. The molecule has 0 fully saturated rings. The fraction of sp³-hybridized carbons (Fsp3) is 0.321. The Morgan fingerprint density at radius 1 is 1.15 bits per heavy atom. The van der Waals surface area contributed by atoms with Gasteiger partial charge in [-0.3, -0.25) is 4.90 Å². The van der Waals surface area contributed by atoms with Crippen LogP contribution in [0.4, 0.5) is 10.5 Å². The number of methoxy groups -OCH3 is 2. The molecule has 39 heavy (non-hydrogen) atoms. The summed E-state index contributed by atoms with van der Waals surface area (Å²) in [4.78, 5) is 19.8. The molecule has 1 aliphatic rings. The number of anilines is 1. The summed E-state index contributed by atoms with van der Waals surface area (Å²) in [6, 6.07) is 11.5. The maximum Gasteiger partial charge on any atom is 0.414 e. The second-order valence-electron chi connectivity index (χ2n) is 10.2. The highest BCUT2D eigenvalue weighted by Gasteiger charge is 2.30. The van der Waals surface area contributed by atoms with E-state index < -0.39 is 5.60 Å². The van der Waals surface area contributed by atoms with Gasteiger partial charge in [0.2, 0.25) is 4.96 Å². The zero-order valence-corrected chi connectivity index (χ0v) is 23.1. The van der Waals surface area contributed by atoms with Crippen LogP contribution in [-0.2, 0) is 17.8 Å². The molecule has 4 heterocycles. The van der Waals surface area contributed by atoms with Gasteiger partial charge in [-0.15, -0.1) is 5.10 Å². The van der Waals surface area contributed by atoms with Gasteiger partial charge in [-0.05, 0) is 61.8 Å². The first-order valence-electron chi connectivity index (χ1n) is 12.5. The van der Waals surface area contributed by atoms with Gasteiger partial charge in [0, 0.05) is 18.7 Å². The molecule has 1 amide bonds. The maximum absolute atomic E-state index is 12.8. The van der Waals surface area contributed by atoms with E-state index in [2.05, 4.69) is 10.1 Å². The predicted molar refractivity (Wildman–Crippen MR) is 147 cm³/mol. The van der Waals surface area contributed by atoms with Crippen LogP contribution in [-0.4, -0.2) is 47.1 Å². The Bertz CT molecular complexity index is 1660. The lowest BCUT2D eigenvalue weighted by Gasteiger charge is -2.25. The number of benzene rings is 2. The summed E-state index contributed by atoms with van der Waals surface area (Å²) in [6.45, 7) is 6.49. The summed E-state index contributed by atoms with van der Waals surface area (Å²) in [7, 11) is 3.18. The van der Waals surface area contributed by atoms with Gasteiger partial charge in [-0.25, -0.2) is 14.3 Å². The first-order chi connectivity index (χ1) is 18.7. The molecule has 0 saturated heterocycles. The molecule has 5 aromatic rings. The van der Waals surface area contributed by atoms with E-state index >= 15 is 0 Å². The summed E-state index contributed by atoms with van der Waals surface area (Å²) in [5.41, 5.74) is 3.66. The van der Waals surface area contributed by atoms with Crippen LogP contribution in [0.15, 0.2) is 47.0 Å². The molecule has 6 rings (SSSR count). The van der Waals surface area contributed by atoms with E-state index in [1.54, 1.807) is 29.8 Å². The van der Waals surface area contributed by atoms with Crippen LogP contribution in [0, 0.1) is 0 Å². The van der Waals surface area contributed by atoms with Crippen molar-refractivity contribution in [2.24, 2.45) is 0 Å². The summed E-state index contributed by atoms with van der Waals surface area (Å²) in [5.74, 6) is 1.83. The number of imidazole rings is 1. The van der Waals surface area contributed by atoms with Gasteiger partial charge in [0.25, 0.3) is 5.19 Å². The topological polar surface area (TPSA) is 101 Å². The Morgan fingerprint density at radius 2 is 2.00 bits per heavy atom. The third-order valence-corrected chi connectivity index (χ3v) is 7.27. The molecular formula is C28H28N4O6S. The number of carbonyl (C=O) groups excluding carboxylic acids is 1. The maximum atomic E-state index is 12.8.